The Labute approximate surface area is 204 Å². The van der Waals surface area contributed by atoms with Gasteiger partial charge in [-0.1, -0.05) is 23.9 Å². The first kappa shape index (κ1) is 22.6. The Hall–Kier alpha value is -1.89. The first-order valence-corrected chi connectivity index (χ1v) is 13.2. The summed E-state index contributed by atoms with van der Waals surface area (Å²) in [5, 5.41) is 0. The van der Waals surface area contributed by atoms with E-state index in [1.54, 1.807) is 23.9 Å². The molecule has 1 heterocycles. The number of ether oxygens (including phenoxy) is 1. The van der Waals surface area contributed by atoms with Gasteiger partial charge in [0.25, 0.3) is 0 Å². The van der Waals surface area contributed by atoms with Gasteiger partial charge in [0.05, 0.1) is 5.41 Å². The van der Waals surface area contributed by atoms with Crippen molar-refractivity contribution in [2.45, 2.75) is 68.3 Å². The molecule has 4 aliphatic carbocycles. The molecule has 0 aromatic heterocycles. The average molecular weight is 483 g/mol. The van der Waals surface area contributed by atoms with Crippen molar-refractivity contribution in [1.82, 2.24) is 0 Å². The normalized spacial score (nSPS) is 35.9. The van der Waals surface area contributed by atoms with Crippen LogP contribution in [0.1, 0.15) is 58.4 Å². The minimum atomic E-state index is -0.780. The van der Waals surface area contributed by atoms with Crippen LogP contribution in [0.25, 0.3) is 0 Å². The van der Waals surface area contributed by atoms with Crippen molar-refractivity contribution in [3.8, 4) is 5.75 Å². The van der Waals surface area contributed by atoms with Crippen LogP contribution in [0.15, 0.2) is 53.4 Å². The standard InChI is InChI=1S/C28H31FO4S/c1-26(2,3)25(30)31-23-6-4-5-19(16-23)28(34-24-9-7-22(29)8-10-24)27(32-33-28)20-12-17-11-18(14-20)15-21(27)13-17/h4-10,16-18,20-21H,11-15H2,1-3H3. The quantitative estimate of drug-likeness (QED) is 0.270. The molecule has 4 nitrogen and oxygen atoms in total. The summed E-state index contributed by atoms with van der Waals surface area (Å²) in [7, 11) is 0. The van der Waals surface area contributed by atoms with Crippen molar-refractivity contribution in [2.24, 2.45) is 29.1 Å². The van der Waals surface area contributed by atoms with E-state index in [-0.39, 0.29) is 11.8 Å². The third kappa shape index (κ3) is 3.36. The number of hydrogen-bond acceptors (Lipinski definition) is 5. The highest BCUT2D eigenvalue weighted by Gasteiger charge is 2.76. The zero-order valence-corrected chi connectivity index (χ0v) is 20.7. The Kier molecular flexibility index (Phi) is 5.18. The van der Waals surface area contributed by atoms with E-state index in [4.69, 9.17) is 14.5 Å². The molecule has 5 aliphatic rings. The molecule has 5 fully saturated rings. The zero-order valence-electron chi connectivity index (χ0n) is 19.9. The smallest absolute Gasteiger partial charge is 0.316 e. The first-order chi connectivity index (χ1) is 16.2. The first-order valence-electron chi connectivity index (χ1n) is 12.3. The van der Waals surface area contributed by atoms with Crippen LogP contribution in [-0.4, -0.2) is 11.6 Å². The molecule has 0 amide bonds. The average Bonchev–Trinajstić information content (AvgIpc) is 2.77. The van der Waals surface area contributed by atoms with Crippen molar-refractivity contribution >= 4 is 17.7 Å². The molecule has 4 saturated carbocycles. The molecular formula is C28H31FO4S. The summed E-state index contributed by atoms with van der Waals surface area (Å²) in [6.45, 7) is 5.53. The molecule has 7 rings (SSSR count). The number of carbonyl (C=O) groups is 1. The zero-order chi connectivity index (χ0) is 23.7. The molecule has 180 valence electrons. The lowest BCUT2D eigenvalue weighted by Gasteiger charge is -2.69. The summed E-state index contributed by atoms with van der Waals surface area (Å²) in [5.41, 5.74) is -0.110. The maximum Gasteiger partial charge on any atom is 0.316 e. The van der Waals surface area contributed by atoms with E-state index in [1.165, 1.54) is 44.2 Å². The van der Waals surface area contributed by atoms with Crippen LogP contribution in [0.4, 0.5) is 4.39 Å². The molecule has 1 spiro atoms. The molecule has 6 heteroatoms. The van der Waals surface area contributed by atoms with E-state index >= 15 is 0 Å². The van der Waals surface area contributed by atoms with Gasteiger partial charge in [-0.3, -0.25) is 4.79 Å². The van der Waals surface area contributed by atoms with Crippen LogP contribution >= 0.6 is 11.8 Å². The third-order valence-corrected chi connectivity index (χ3v) is 9.69. The molecule has 1 saturated heterocycles. The van der Waals surface area contributed by atoms with Crippen molar-refractivity contribution in [1.29, 1.82) is 0 Å². The Balaban J connectivity index is 1.42. The molecule has 2 aromatic carbocycles. The number of halogens is 1. The maximum absolute atomic E-state index is 13.7. The van der Waals surface area contributed by atoms with Gasteiger partial charge in [-0.05, 0) is 113 Å². The van der Waals surface area contributed by atoms with Gasteiger partial charge in [-0.15, -0.1) is 0 Å². The molecule has 1 unspecified atom stereocenters. The van der Waals surface area contributed by atoms with Gasteiger partial charge in [0.2, 0.25) is 4.93 Å². The fourth-order valence-electron chi connectivity index (χ4n) is 6.89. The number of esters is 1. The summed E-state index contributed by atoms with van der Waals surface area (Å²) in [6.07, 6.45) is 6.02. The minimum absolute atomic E-state index is 0.260. The Morgan fingerprint density at radius 1 is 0.971 bits per heavy atom. The molecule has 4 bridgehead atoms. The van der Waals surface area contributed by atoms with Gasteiger partial charge < -0.3 is 4.74 Å². The van der Waals surface area contributed by atoms with Crippen molar-refractivity contribution < 1.29 is 23.7 Å². The summed E-state index contributed by atoms with van der Waals surface area (Å²) >= 11 is 1.60. The van der Waals surface area contributed by atoms with Crippen LogP contribution in [0.3, 0.4) is 0 Å². The predicted molar refractivity (Wildman–Crippen MR) is 127 cm³/mol. The molecule has 2 aromatic rings. The van der Waals surface area contributed by atoms with Gasteiger partial charge in [-0.2, -0.15) is 0 Å². The Morgan fingerprint density at radius 3 is 2.18 bits per heavy atom. The van der Waals surface area contributed by atoms with E-state index in [0.717, 1.165) is 22.3 Å². The van der Waals surface area contributed by atoms with E-state index in [1.807, 2.05) is 45.0 Å². The third-order valence-electron chi connectivity index (χ3n) is 8.27. The fraction of sp³-hybridized carbons (Fsp3) is 0.536. The number of rotatable bonds is 4. The predicted octanol–water partition coefficient (Wildman–Crippen LogP) is 6.88. The van der Waals surface area contributed by atoms with E-state index in [0.29, 0.717) is 17.6 Å². The van der Waals surface area contributed by atoms with Crippen LogP contribution < -0.4 is 4.74 Å². The maximum atomic E-state index is 13.7. The lowest BCUT2D eigenvalue weighted by Crippen LogP contribution is -2.74. The second-order valence-corrected chi connectivity index (χ2v) is 12.9. The summed E-state index contributed by atoms with van der Waals surface area (Å²) in [5.74, 6) is 2.38. The second kappa shape index (κ2) is 7.81. The number of benzene rings is 2. The summed E-state index contributed by atoms with van der Waals surface area (Å²) in [6, 6.07) is 14.3. The lowest BCUT2D eigenvalue weighted by atomic mass is 9.47. The fourth-order valence-corrected chi connectivity index (χ4v) is 8.34. The number of thioether (sulfide) groups is 1. The van der Waals surface area contributed by atoms with E-state index in [9.17, 15) is 9.18 Å². The van der Waals surface area contributed by atoms with Crippen LogP contribution in [0, 0.1) is 34.9 Å². The monoisotopic (exact) mass is 482 g/mol. The lowest BCUT2D eigenvalue weighted by molar-refractivity contribution is -0.566. The Morgan fingerprint density at radius 2 is 1.62 bits per heavy atom. The number of carbonyl (C=O) groups excluding carboxylic acids is 1. The molecule has 34 heavy (non-hydrogen) atoms. The SMILES string of the molecule is CC(C)(C)C(=O)Oc1cccc(C2(Sc3ccc(F)cc3)OOC23C2CC4CC(C2)CC3C4)c1. The highest BCUT2D eigenvalue weighted by molar-refractivity contribution is 8.00. The molecule has 0 N–H and O–H groups in total. The van der Waals surface area contributed by atoms with Crippen molar-refractivity contribution in [2.75, 3.05) is 0 Å². The molecular weight excluding hydrogens is 451 g/mol. The highest BCUT2D eigenvalue weighted by Crippen LogP contribution is 2.72. The topological polar surface area (TPSA) is 44.8 Å². The van der Waals surface area contributed by atoms with Gasteiger partial charge in [0, 0.05) is 10.5 Å². The number of hydrogen-bond donors (Lipinski definition) is 0. The molecule has 1 atom stereocenters. The van der Waals surface area contributed by atoms with Crippen molar-refractivity contribution in [3.63, 3.8) is 0 Å². The Bertz CT molecular complexity index is 1080. The van der Waals surface area contributed by atoms with Crippen LogP contribution in [-0.2, 0) is 19.5 Å². The summed E-state index contributed by atoms with van der Waals surface area (Å²) < 4.78 is 19.4. The van der Waals surface area contributed by atoms with Gasteiger partial charge in [0.1, 0.15) is 11.6 Å². The van der Waals surface area contributed by atoms with E-state index < -0.39 is 15.9 Å². The highest BCUT2D eigenvalue weighted by atomic mass is 32.2. The molecule has 0 radical (unpaired) electrons. The largest absolute Gasteiger partial charge is 0.426 e. The second-order valence-electron chi connectivity index (χ2n) is 11.6. The molecule has 1 aliphatic heterocycles. The van der Waals surface area contributed by atoms with Gasteiger partial charge in [-0.25, -0.2) is 14.2 Å². The van der Waals surface area contributed by atoms with Crippen LogP contribution in [0.5, 0.6) is 5.75 Å². The van der Waals surface area contributed by atoms with Gasteiger partial charge in [0.15, 0.2) is 5.60 Å². The minimum Gasteiger partial charge on any atom is -0.426 e. The van der Waals surface area contributed by atoms with Crippen LogP contribution in [0.2, 0.25) is 0 Å². The van der Waals surface area contributed by atoms with Crippen molar-refractivity contribution in [3.05, 3.63) is 59.9 Å². The summed E-state index contributed by atoms with van der Waals surface area (Å²) in [4.78, 5) is 25.1. The van der Waals surface area contributed by atoms with Gasteiger partial charge >= 0.3 is 5.97 Å². The van der Waals surface area contributed by atoms with E-state index in [2.05, 4.69) is 0 Å².